The summed E-state index contributed by atoms with van der Waals surface area (Å²) in [7, 11) is 0. The Kier molecular flexibility index (Phi) is 13.2. The maximum absolute atomic E-state index is 9.74. The molecule has 25 heavy (non-hydrogen) atoms. The molecule has 0 aliphatic rings. The van der Waals surface area contributed by atoms with E-state index < -0.39 is 0 Å². The van der Waals surface area contributed by atoms with Crippen molar-refractivity contribution in [3.05, 3.63) is 23.8 Å². The van der Waals surface area contributed by atoms with E-state index in [1.165, 1.54) is 96.0 Å². The molecule has 0 amide bonds. The van der Waals surface area contributed by atoms with Crippen LogP contribution in [0.1, 0.15) is 109 Å². The van der Waals surface area contributed by atoms with Crippen LogP contribution in [0.2, 0.25) is 0 Å². The SMILES string of the molecule is CCCCCCCCCCCCCCCCCc1cc(O)ccc1O. The molecule has 0 saturated heterocycles. The smallest absolute Gasteiger partial charge is 0.119 e. The van der Waals surface area contributed by atoms with E-state index in [1.54, 1.807) is 12.1 Å². The molecule has 0 spiro atoms. The van der Waals surface area contributed by atoms with E-state index in [-0.39, 0.29) is 5.75 Å². The van der Waals surface area contributed by atoms with Crippen molar-refractivity contribution in [2.45, 2.75) is 110 Å². The molecule has 2 nitrogen and oxygen atoms in total. The summed E-state index contributed by atoms with van der Waals surface area (Å²) < 4.78 is 0. The summed E-state index contributed by atoms with van der Waals surface area (Å²) in [6, 6.07) is 4.79. The number of hydrogen-bond acceptors (Lipinski definition) is 2. The molecule has 1 aromatic rings. The summed E-state index contributed by atoms with van der Waals surface area (Å²) in [5.41, 5.74) is 0.870. The Labute approximate surface area is 155 Å². The van der Waals surface area contributed by atoms with E-state index in [9.17, 15) is 10.2 Å². The third kappa shape index (κ3) is 11.9. The molecule has 0 heterocycles. The summed E-state index contributed by atoms with van der Waals surface area (Å²) in [6.07, 6.45) is 21.3. The fourth-order valence-corrected chi connectivity index (χ4v) is 3.46. The lowest BCUT2D eigenvalue weighted by atomic mass is 10.0. The minimum atomic E-state index is 0.244. The zero-order valence-corrected chi connectivity index (χ0v) is 16.4. The minimum absolute atomic E-state index is 0.244. The third-order valence-corrected chi connectivity index (χ3v) is 5.11. The van der Waals surface area contributed by atoms with Gasteiger partial charge in [-0.05, 0) is 36.6 Å². The van der Waals surface area contributed by atoms with Gasteiger partial charge >= 0.3 is 0 Å². The highest BCUT2D eigenvalue weighted by molar-refractivity contribution is 5.38. The molecule has 0 radical (unpaired) electrons. The van der Waals surface area contributed by atoms with Gasteiger partial charge in [0.2, 0.25) is 0 Å². The highest BCUT2D eigenvalue weighted by atomic mass is 16.3. The Hall–Kier alpha value is -1.18. The number of phenolic OH excluding ortho intramolecular Hbond substituents is 2. The molecule has 0 bridgehead atoms. The third-order valence-electron chi connectivity index (χ3n) is 5.11. The van der Waals surface area contributed by atoms with Crippen LogP contribution in [0.25, 0.3) is 0 Å². The number of hydrogen-bond donors (Lipinski definition) is 2. The molecule has 2 N–H and O–H groups in total. The van der Waals surface area contributed by atoms with Crippen LogP contribution in [-0.2, 0) is 6.42 Å². The lowest BCUT2D eigenvalue weighted by Gasteiger charge is -2.06. The van der Waals surface area contributed by atoms with Crippen molar-refractivity contribution >= 4 is 0 Å². The highest BCUT2D eigenvalue weighted by Gasteiger charge is 2.02. The molecule has 0 unspecified atom stereocenters. The van der Waals surface area contributed by atoms with E-state index in [1.807, 2.05) is 0 Å². The number of rotatable bonds is 16. The molecule has 0 atom stereocenters. The molecule has 0 saturated carbocycles. The standard InChI is InChI=1S/C23H40O2/c1-2-3-4-5-6-7-8-9-10-11-12-13-14-15-16-17-21-20-22(24)18-19-23(21)25/h18-20,24-25H,2-17H2,1H3. The molecular weight excluding hydrogens is 308 g/mol. The van der Waals surface area contributed by atoms with E-state index in [0.29, 0.717) is 5.75 Å². The van der Waals surface area contributed by atoms with Crippen LogP contribution in [0.4, 0.5) is 0 Å². The predicted octanol–water partition coefficient (Wildman–Crippen LogP) is 7.51. The van der Waals surface area contributed by atoms with Crippen molar-refractivity contribution < 1.29 is 10.2 Å². The average molecular weight is 349 g/mol. The number of aromatic hydroxyl groups is 2. The molecule has 1 aromatic carbocycles. The molecule has 1 rings (SSSR count). The van der Waals surface area contributed by atoms with Crippen LogP contribution in [0.5, 0.6) is 11.5 Å². The second-order valence-corrected chi connectivity index (χ2v) is 7.51. The normalized spacial score (nSPS) is 11.1. The first-order valence-corrected chi connectivity index (χ1v) is 10.7. The molecule has 0 aliphatic carbocycles. The fraction of sp³-hybridized carbons (Fsp3) is 0.739. The second-order valence-electron chi connectivity index (χ2n) is 7.51. The number of unbranched alkanes of at least 4 members (excludes halogenated alkanes) is 14. The topological polar surface area (TPSA) is 40.5 Å². The first-order valence-electron chi connectivity index (χ1n) is 10.7. The maximum Gasteiger partial charge on any atom is 0.119 e. The van der Waals surface area contributed by atoms with Crippen molar-refractivity contribution in [1.82, 2.24) is 0 Å². The van der Waals surface area contributed by atoms with Gasteiger partial charge in [0, 0.05) is 0 Å². The van der Waals surface area contributed by atoms with Crippen LogP contribution < -0.4 is 0 Å². The summed E-state index contributed by atoms with van der Waals surface area (Å²) in [5, 5.41) is 19.2. The van der Waals surface area contributed by atoms with Gasteiger partial charge in [-0.1, -0.05) is 96.8 Å². The average Bonchev–Trinajstić information content (AvgIpc) is 2.61. The van der Waals surface area contributed by atoms with E-state index in [0.717, 1.165) is 18.4 Å². The summed E-state index contributed by atoms with van der Waals surface area (Å²) >= 11 is 0. The maximum atomic E-state index is 9.74. The molecule has 0 aliphatic heterocycles. The molecule has 2 heteroatoms. The van der Waals surface area contributed by atoms with E-state index in [2.05, 4.69) is 6.92 Å². The zero-order chi connectivity index (χ0) is 18.2. The molecule has 0 fully saturated rings. The Morgan fingerprint density at radius 2 is 1.04 bits per heavy atom. The minimum Gasteiger partial charge on any atom is -0.508 e. The fourth-order valence-electron chi connectivity index (χ4n) is 3.46. The van der Waals surface area contributed by atoms with Gasteiger partial charge in [0.05, 0.1) is 0 Å². The lowest BCUT2D eigenvalue weighted by Crippen LogP contribution is -1.88. The van der Waals surface area contributed by atoms with Gasteiger partial charge in [-0.2, -0.15) is 0 Å². The van der Waals surface area contributed by atoms with Gasteiger partial charge in [-0.15, -0.1) is 0 Å². The van der Waals surface area contributed by atoms with Crippen molar-refractivity contribution in [3.63, 3.8) is 0 Å². The van der Waals surface area contributed by atoms with Crippen LogP contribution in [-0.4, -0.2) is 10.2 Å². The number of aryl methyl sites for hydroxylation is 1. The van der Waals surface area contributed by atoms with Gasteiger partial charge in [-0.25, -0.2) is 0 Å². The summed E-state index contributed by atoms with van der Waals surface area (Å²) in [5.74, 6) is 0.553. The van der Waals surface area contributed by atoms with Crippen molar-refractivity contribution in [2.75, 3.05) is 0 Å². The first kappa shape index (κ1) is 21.9. The van der Waals surface area contributed by atoms with E-state index in [4.69, 9.17) is 0 Å². The van der Waals surface area contributed by atoms with E-state index >= 15 is 0 Å². The number of phenols is 2. The van der Waals surface area contributed by atoms with Gasteiger partial charge < -0.3 is 10.2 Å². The Bertz CT molecular complexity index is 428. The van der Waals surface area contributed by atoms with Gasteiger partial charge in [0.1, 0.15) is 11.5 Å². The van der Waals surface area contributed by atoms with Crippen LogP contribution in [0.15, 0.2) is 18.2 Å². The molecule has 0 aromatic heterocycles. The Morgan fingerprint density at radius 3 is 1.52 bits per heavy atom. The predicted molar refractivity (Wildman–Crippen MR) is 108 cm³/mol. The Morgan fingerprint density at radius 1 is 0.600 bits per heavy atom. The second kappa shape index (κ2) is 15.1. The van der Waals surface area contributed by atoms with Gasteiger partial charge in [0.25, 0.3) is 0 Å². The summed E-state index contributed by atoms with van der Waals surface area (Å²) in [4.78, 5) is 0. The van der Waals surface area contributed by atoms with Crippen molar-refractivity contribution in [2.24, 2.45) is 0 Å². The lowest BCUT2D eigenvalue weighted by molar-refractivity contribution is 0.452. The highest BCUT2D eigenvalue weighted by Crippen LogP contribution is 2.24. The van der Waals surface area contributed by atoms with Crippen LogP contribution in [0.3, 0.4) is 0 Å². The molecular formula is C23H40O2. The van der Waals surface area contributed by atoms with Gasteiger partial charge in [0.15, 0.2) is 0 Å². The quantitative estimate of drug-likeness (QED) is 0.240. The zero-order valence-electron chi connectivity index (χ0n) is 16.4. The van der Waals surface area contributed by atoms with Gasteiger partial charge in [-0.3, -0.25) is 0 Å². The van der Waals surface area contributed by atoms with Crippen molar-refractivity contribution in [1.29, 1.82) is 0 Å². The van der Waals surface area contributed by atoms with Crippen LogP contribution >= 0.6 is 0 Å². The van der Waals surface area contributed by atoms with Crippen molar-refractivity contribution in [3.8, 4) is 11.5 Å². The largest absolute Gasteiger partial charge is 0.508 e. The molecule has 144 valence electrons. The Balaban J connectivity index is 1.82. The van der Waals surface area contributed by atoms with Crippen LogP contribution in [0, 0.1) is 0 Å². The number of benzene rings is 1. The first-order chi connectivity index (χ1) is 12.2. The summed E-state index contributed by atoms with van der Waals surface area (Å²) in [6.45, 7) is 2.28. The monoisotopic (exact) mass is 348 g/mol.